The number of piperidine rings is 3. The van der Waals surface area contributed by atoms with Crippen LogP contribution in [0.3, 0.4) is 0 Å². The van der Waals surface area contributed by atoms with Gasteiger partial charge in [-0.3, -0.25) is 34.2 Å². The van der Waals surface area contributed by atoms with E-state index >= 15 is 0 Å². The van der Waals surface area contributed by atoms with E-state index in [9.17, 15) is 37.1 Å². The number of nitrogens with zero attached hydrogens (tertiary/aromatic N) is 5. The summed E-state index contributed by atoms with van der Waals surface area (Å²) >= 11 is 0. The zero-order valence-corrected chi connectivity index (χ0v) is 32.1. The summed E-state index contributed by atoms with van der Waals surface area (Å²) in [6, 6.07) is 14.8. The zero-order valence-electron chi connectivity index (χ0n) is 32.1. The summed E-state index contributed by atoms with van der Waals surface area (Å²) in [5.41, 5.74) is 4.08. The van der Waals surface area contributed by atoms with Gasteiger partial charge >= 0.3 is 6.18 Å². The minimum Gasteiger partial charge on any atom is -0.380 e. The summed E-state index contributed by atoms with van der Waals surface area (Å²) < 4.78 is 41.0. The van der Waals surface area contributed by atoms with Gasteiger partial charge in [-0.1, -0.05) is 12.1 Å². The molecule has 0 unspecified atom stereocenters. The van der Waals surface area contributed by atoms with Crippen molar-refractivity contribution in [3.63, 3.8) is 0 Å². The number of hydrogen-bond donors (Lipinski definition) is 2. The Balaban J connectivity index is 0.840. The molecule has 0 bridgehead atoms. The molecule has 1 atom stereocenters. The highest BCUT2D eigenvalue weighted by Gasteiger charge is 2.45. The van der Waals surface area contributed by atoms with Gasteiger partial charge < -0.3 is 19.7 Å². The molecule has 4 aromatic rings. The third-order valence-corrected chi connectivity index (χ3v) is 12.0. The maximum absolute atomic E-state index is 13.8. The van der Waals surface area contributed by atoms with Crippen molar-refractivity contribution in [3.05, 3.63) is 101 Å². The molecule has 0 saturated carbocycles. The first-order valence-electron chi connectivity index (χ1n) is 19.7. The van der Waals surface area contributed by atoms with E-state index in [0.29, 0.717) is 48.3 Å². The molecule has 15 heteroatoms. The molecule has 4 aliphatic heterocycles. The predicted octanol–water partition coefficient (Wildman–Crippen LogP) is 6.28. The van der Waals surface area contributed by atoms with Crippen LogP contribution in [-0.4, -0.2) is 81.1 Å². The number of aryl methyl sites for hydroxylation is 1. The molecule has 3 saturated heterocycles. The van der Waals surface area contributed by atoms with Crippen LogP contribution in [0, 0.1) is 11.8 Å². The van der Waals surface area contributed by atoms with Crippen LogP contribution in [0.4, 0.5) is 24.5 Å². The minimum absolute atomic E-state index is 0.0482. The second-order valence-electron chi connectivity index (χ2n) is 15.8. The number of fused-ring (bicyclic) bond motifs is 1. The minimum atomic E-state index is -4.40. The fourth-order valence-corrected chi connectivity index (χ4v) is 8.71. The topological polar surface area (TPSA) is 137 Å². The van der Waals surface area contributed by atoms with Gasteiger partial charge in [0.15, 0.2) is 0 Å². The average molecular weight is 796 g/mol. The number of nitrogens with one attached hydrogen (secondary N) is 2. The molecule has 2 N–H and O–H groups in total. The fourth-order valence-electron chi connectivity index (χ4n) is 8.71. The van der Waals surface area contributed by atoms with Crippen molar-refractivity contribution in [3.8, 4) is 11.3 Å². The van der Waals surface area contributed by atoms with Gasteiger partial charge in [0.1, 0.15) is 6.04 Å². The molecule has 1 aromatic heterocycles. The summed E-state index contributed by atoms with van der Waals surface area (Å²) in [5.74, 6) is -1.06. The summed E-state index contributed by atoms with van der Waals surface area (Å²) in [4.78, 5) is 74.0. The highest BCUT2D eigenvalue weighted by molar-refractivity contribution is 6.23. The van der Waals surface area contributed by atoms with Gasteiger partial charge in [0.25, 0.3) is 17.7 Å². The largest absolute Gasteiger partial charge is 0.416 e. The van der Waals surface area contributed by atoms with Crippen molar-refractivity contribution in [2.45, 2.75) is 63.7 Å². The summed E-state index contributed by atoms with van der Waals surface area (Å²) in [6.45, 7) is 3.24. The monoisotopic (exact) mass is 795 g/mol. The fraction of sp³-hybridized carbons (Fsp3) is 0.395. The number of carbonyl (C=O) groups excluding carboxylic acids is 5. The van der Waals surface area contributed by atoms with Crippen molar-refractivity contribution in [2.75, 3.05) is 36.4 Å². The number of rotatable bonds is 9. The second-order valence-corrected chi connectivity index (χ2v) is 15.8. The zero-order chi connectivity index (χ0) is 40.7. The Hall–Kier alpha value is -5.99. The molecule has 0 spiro atoms. The van der Waals surface area contributed by atoms with Crippen LogP contribution >= 0.6 is 0 Å². The highest BCUT2D eigenvalue weighted by atomic mass is 19.4. The smallest absolute Gasteiger partial charge is 0.380 e. The number of benzene rings is 3. The van der Waals surface area contributed by atoms with Gasteiger partial charge in [-0.15, -0.1) is 0 Å². The van der Waals surface area contributed by atoms with Gasteiger partial charge in [0.2, 0.25) is 11.8 Å². The van der Waals surface area contributed by atoms with Gasteiger partial charge in [0, 0.05) is 74.9 Å². The highest BCUT2D eigenvalue weighted by Crippen LogP contribution is 2.36. The molecule has 0 aliphatic carbocycles. The van der Waals surface area contributed by atoms with Crippen molar-refractivity contribution < 1.29 is 37.1 Å². The lowest BCUT2D eigenvalue weighted by molar-refractivity contribution is -0.138. The number of amides is 5. The first-order chi connectivity index (χ1) is 27.8. The van der Waals surface area contributed by atoms with E-state index < -0.39 is 41.4 Å². The Kier molecular flexibility index (Phi) is 10.6. The third-order valence-electron chi connectivity index (χ3n) is 12.0. The number of anilines is 2. The Morgan fingerprint density at radius 2 is 1.52 bits per heavy atom. The molecule has 58 heavy (non-hydrogen) atoms. The number of alkyl halides is 3. The number of halogens is 3. The molecule has 3 aromatic carbocycles. The lowest BCUT2D eigenvalue weighted by Gasteiger charge is -2.37. The van der Waals surface area contributed by atoms with Gasteiger partial charge in [0.05, 0.1) is 28.7 Å². The molecular formula is C43H44F3N7O5. The summed E-state index contributed by atoms with van der Waals surface area (Å²) in [6.07, 6.45) is 4.21. The number of hydrogen-bond acceptors (Lipinski definition) is 8. The number of imidazole rings is 1. The molecule has 302 valence electrons. The maximum Gasteiger partial charge on any atom is 0.416 e. The van der Waals surface area contributed by atoms with Crippen LogP contribution in [0.15, 0.2) is 73.2 Å². The van der Waals surface area contributed by atoms with E-state index in [1.807, 2.05) is 40.9 Å². The number of likely N-dealkylation sites (tertiary alicyclic amines) is 1. The number of carbonyl (C=O) groups is 5. The quantitative estimate of drug-likeness (QED) is 0.189. The lowest BCUT2D eigenvalue weighted by atomic mass is 9.82. The lowest BCUT2D eigenvalue weighted by Crippen LogP contribution is -2.54. The Labute approximate surface area is 333 Å². The van der Waals surface area contributed by atoms with E-state index in [1.54, 1.807) is 24.5 Å². The van der Waals surface area contributed by atoms with Crippen LogP contribution in [0.2, 0.25) is 0 Å². The van der Waals surface area contributed by atoms with Crippen LogP contribution in [-0.2, 0) is 29.4 Å². The molecular weight excluding hydrogens is 752 g/mol. The van der Waals surface area contributed by atoms with Gasteiger partial charge in [-0.25, -0.2) is 4.98 Å². The SMILES string of the molecule is Cn1cnc(-c2cc(C(=O)N3CCC(CC4CCN(c5ccc6c(c5)C(=O)N([C@H]5CCC(=O)NC5=O)C6=O)CC4)CC3)ccc2NCc2ccc(C(F)(F)F)cc2)c1. The number of aromatic nitrogens is 2. The standard InChI is InChI=1S/C43H44F3N7O5/c1-50-24-36(48-25-50)34-21-29(4-9-35(34)47-23-28-2-5-30(6-3-28)43(44,45)46)40(56)52-18-14-27(15-19-52)20-26-12-16-51(17-13-26)31-7-8-32-33(22-31)42(58)53(41(32)57)37-10-11-38(54)49-39(37)55/h2-9,21-22,24-27,37,47H,10-20,23H2,1H3,(H,49,54,55)/t37-/m0/s1. The first-order valence-corrected chi connectivity index (χ1v) is 19.7. The Morgan fingerprint density at radius 3 is 2.17 bits per heavy atom. The number of imide groups is 2. The normalized spacial score (nSPS) is 19.4. The second kappa shape index (κ2) is 15.7. The molecule has 12 nitrogen and oxygen atoms in total. The molecule has 3 fully saturated rings. The van der Waals surface area contributed by atoms with E-state index in [1.165, 1.54) is 12.1 Å². The Bertz CT molecular complexity index is 2260. The van der Waals surface area contributed by atoms with E-state index in [2.05, 4.69) is 20.5 Å². The van der Waals surface area contributed by atoms with Crippen LogP contribution in [0.5, 0.6) is 0 Å². The van der Waals surface area contributed by atoms with Gasteiger partial charge in [-0.05, 0) is 104 Å². The third kappa shape index (κ3) is 7.94. The predicted molar refractivity (Wildman–Crippen MR) is 209 cm³/mol. The van der Waals surface area contributed by atoms with Crippen molar-refractivity contribution in [1.29, 1.82) is 0 Å². The van der Waals surface area contributed by atoms with E-state index in [0.717, 1.165) is 79.2 Å². The van der Waals surface area contributed by atoms with E-state index in [4.69, 9.17) is 0 Å². The Morgan fingerprint density at radius 1 is 0.828 bits per heavy atom. The summed E-state index contributed by atoms with van der Waals surface area (Å²) in [5, 5.41) is 5.55. The van der Waals surface area contributed by atoms with Crippen LogP contribution < -0.4 is 15.5 Å². The van der Waals surface area contributed by atoms with Crippen molar-refractivity contribution >= 4 is 40.9 Å². The molecule has 4 aliphatic rings. The first kappa shape index (κ1) is 38.9. The molecule has 8 rings (SSSR count). The molecule has 0 radical (unpaired) electrons. The van der Waals surface area contributed by atoms with Crippen molar-refractivity contribution in [1.82, 2.24) is 24.7 Å². The van der Waals surface area contributed by atoms with Crippen molar-refractivity contribution in [2.24, 2.45) is 18.9 Å². The summed E-state index contributed by atoms with van der Waals surface area (Å²) in [7, 11) is 1.86. The molecule has 5 heterocycles. The van der Waals surface area contributed by atoms with Crippen LogP contribution in [0.25, 0.3) is 11.3 Å². The van der Waals surface area contributed by atoms with Crippen LogP contribution in [0.1, 0.15) is 87.1 Å². The van der Waals surface area contributed by atoms with Gasteiger partial charge in [-0.2, -0.15) is 13.2 Å². The maximum atomic E-state index is 13.8. The van der Waals surface area contributed by atoms with E-state index in [-0.39, 0.29) is 29.9 Å². The average Bonchev–Trinajstić information content (AvgIpc) is 3.76. The molecule has 5 amide bonds.